The summed E-state index contributed by atoms with van der Waals surface area (Å²) in [6, 6.07) is 15.5. The number of hydrogen-bond acceptors (Lipinski definition) is 4. The molecule has 1 amide bonds. The lowest BCUT2D eigenvalue weighted by atomic mass is 10.1. The third-order valence-corrected chi connectivity index (χ3v) is 4.68. The van der Waals surface area contributed by atoms with Gasteiger partial charge in [0.1, 0.15) is 11.5 Å². The van der Waals surface area contributed by atoms with Crippen LogP contribution >= 0.6 is 0 Å². The van der Waals surface area contributed by atoms with Crippen LogP contribution in [-0.4, -0.2) is 29.3 Å². The molecule has 0 bridgehead atoms. The average Bonchev–Trinajstić information content (AvgIpc) is 3.06. The van der Waals surface area contributed by atoms with Gasteiger partial charge in [-0.2, -0.15) is 5.10 Å². The molecule has 0 fully saturated rings. The highest BCUT2D eigenvalue weighted by atomic mass is 16.5. The van der Waals surface area contributed by atoms with Crippen LogP contribution in [0.4, 0.5) is 0 Å². The first-order valence-electron chi connectivity index (χ1n) is 9.87. The first-order valence-corrected chi connectivity index (χ1v) is 9.87. The Morgan fingerprint density at radius 1 is 1.17 bits per heavy atom. The van der Waals surface area contributed by atoms with Gasteiger partial charge in [0.05, 0.1) is 18.5 Å². The quantitative estimate of drug-likeness (QED) is 0.532. The number of ether oxygens (including phenoxy) is 2. The molecule has 0 aliphatic rings. The number of aromatic nitrogens is 2. The molecular formula is C24H27N3O3. The van der Waals surface area contributed by atoms with Crippen LogP contribution in [0, 0.1) is 13.8 Å². The van der Waals surface area contributed by atoms with Crippen LogP contribution < -0.4 is 14.8 Å². The number of nitrogens with zero attached hydrogens (tertiary/aromatic N) is 2. The highest BCUT2D eigenvalue weighted by molar-refractivity contribution is 5.76. The maximum Gasteiger partial charge on any atom is 0.226 e. The van der Waals surface area contributed by atoms with Gasteiger partial charge in [-0.3, -0.25) is 4.79 Å². The number of methoxy groups -OCH3 is 1. The Morgan fingerprint density at radius 3 is 2.67 bits per heavy atom. The Kier molecular flexibility index (Phi) is 6.91. The van der Waals surface area contributed by atoms with Crippen molar-refractivity contribution in [1.82, 2.24) is 15.1 Å². The summed E-state index contributed by atoms with van der Waals surface area (Å²) in [6.45, 7) is 8.04. The van der Waals surface area contributed by atoms with E-state index in [4.69, 9.17) is 14.6 Å². The van der Waals surface area contributed by atoms with E-state index in [0.29, 0.717) is 36.8 Å². The van der Waals surface area contributed by atoms with Crippen LogP contribution in [0.5, 0.6) is 17.4 Å². The van der Waals surface area contributed by atoms with Crippen molar-refractivity contribution >= 4 is 5.91 Å². The van der Waals surface area contributed by atoms with E-state index in [1.807, 2.05) is 62.4 Å². The second kappa shape index (κ2) is 9.78. The number of amides is 1. The molecule has 1 aromatic heterocycles. The fourth-order valence-corrected chi connectivity index (χ4v) is 3.15. The van der Waals surface area contributed by atoms with Crippen molar-refractivity contribution in [3.63, 3.8) is 0 Å². The molecule has 156 valence electrons. The number of nitrogens with one attached hydrogen (secondary N) is 1. The second-order valence-electron chi connectivity index (χ2n) is 6.99. The third kappa shape index (κ3) is 5.08. The zero-order valence-electron chi connectivity index (χ0n) is 17.6. The smallest absolute Gasteiger partial charge is 0.226 e. The minimum atomic E-state index is -0.0371. The Morgan fingerprint density at radius 2 is 1.93 bits per heavy atom. The standard InChI is InChI=1S/C24H27N3O3/c1-5-14-25-23(28)13-12-22-18(3)26-27(19-9-6-8-17(2)15-19)24(22)30-21-11-7-10-20(16-21)29-4/h5-11,15-16H,1,12-14H2,2-4H3,(H,25,28). The SMILES string of the molecule is C=CCNC(=O)CCc1c(C)nn(-c2cccc(C)c2)c1Oc1cccc(OC)c1. The fourth-order valence-electron chi connectivity index (χ4n) is 3.15. The van der Waals surface area contributed by atoms with Crippen LogP contribution in [0.1, 0.15) is 23.2 Å². The predicted octanol–water partition coefficient (Wildman–Crippen LogP) is 4.52. The van der Waals surface area contributed by atoms with Crippen LogP contribution in [0.2, 0.25) is 0 Å². The van der Waals surface area contributed by atoms with E-state index in [9.17, 15) is 4.79 Å². The molecule has 0 unspecified atom stereocenters. The number of aryl methyl sites for hydroxylation is 2. The lowest BCUT2D eigenvalue weighted by molar-refractivity contribution is -0.120. The van der Waals surface area contributed by atoms with Crippen molar-refractivity contribution in [2.75, 3.05) is 13.7 Å². The van der Waals surface area contributed by atoms with Gasteiger partial charge in [0.2, 0.25) is 11.8 Å². The highest BCUT2D eigenvalue weighted by Crippen LogP contribution is 2.33. The monoisotopic (exact) mass is 405 g/mol. The first-order chi connectivity index (χ1) is 14.5. The van der Waals surface area contributed by atoms with Gasteiger partial charge in [-0.05, 0) is 50.1 Å². The van der Waals surface area contributed by atoms with Gasteiger partial charge in [-0.1, -0.05) is 24.3 Å². The summed E-state index contributed by atoms with van der Waals surface area (Å²) < 4.78 is 13.4. The van der Waals surface area contributed by atoms with Crippen molar-refractivity contribution in [3.8, 4) is 23.1 Å². The summed E-state index contributed by atoms with van der Waals surface area (Å²) in [5, 5.41) is 7.52. The summed E-state index contributed by atoms with van der Waals surface area (Å²) in [5.74, 6) is 1.91. The lowest BCUT2D eigenvalue weighted by Gasteiger charge is -2.12. The molecule has 2 aromatic carbocycles. The number of carbonyl (C=O) groups is 1. The molecule has 3 aromatic rings. The molecular weight excluding hydrogens is 378 g/mol. The summed E-state index contributed by atoms with van der Waals surface area (Å²) in [5.41, 5.74) is 3.75. The molecule has 0 saturated heterocycles. The summed E-state index contributed by atoms with van der Waals surface area (Å²) in [7, 11) is 1.62. The number of benzene rings is 2. The van der Waals surface area contributed by atoms with Gasteiger partial charge in [0.25, 0.3) is 0 Å². The molecule has 30 heavy (non-hydrogen) atoms. The van der Waals surface area contributed by atoms with E-state index in [-0.39, 0.29) is 5.91 Å². The molecule has 1 N–H and O–H groups in total. The Bertz CT molecular complexity index is 1040. The lowest BCUT2D eigenvalue weighted by Crippen LogP contribution is -2.23. The molecule has 0 aliphatic heterocycles. The average molecular weight is 405 g/mol. The van der Waals surface area contributed by atoms with Crippen molar-refractivity contribution in [1.29, 1.82) is 0 Å². The highest BCUT2D eigenvalue weighted by Gasteiger charge is 2.20. The Labute approximate surface area is 177 Å². The zero-order valence-corrected chi connectivity index (χ0v) is 17.6. The molecule has 3 rings (SSSR count). The third-order valence-electron chi connectivity index (χ3n) is 4.68. The maximum absolute atomic E-state index is 12.1. The molecule has 0 aliphatic carbocycles. The normalized spacial score (nSPS) is 10.5. The van der Waals surface area contributed by atoms with Crippen LogP contribution in [-0.2, 0) is 11.2 Å². The van der Waals surface area contributed by atoms with E-state index >= 15 is 0 Å². The van der Waals surface area contributed by atoms with E-state index in [0.717, 1.165) is 22.5 Å². The predicted molar refractivity (Wildman–Crippen MR) is 118 cm³/mol. The van der Waals surface area contributed by atoms with Crippen molar-refractivity contribution in [2.45, 2.75) is 26.7 Å². The summed E-state index contributed by atoms with van der Waals surface area (Å²) >= 11 is 0. The van der Waals surface area contributed by atoms with Gasteiger partial charge in [-0.15, -0.1) is 6.58 Å². The van der Waals surface area contributed by atoms with E-state index < -0.39 is 0 Å². The van der Waals surface area contributed by atoms with E-state index in [1.165, 1.54) is 0 Å². The largest absolute Gasteiger partial charge is 0.497 e. The van der Waals surface area contributed by atoms with Gasteiger partial charge < -0.3 is 14.8 Å². The molecule has 0 spiro atoms. The van der Waals surface area contributed by atoms with Gasteiger partial charge in [0, 0.05) is 24.6 Å². The van der Waals surface area contributed by atoms with Gasteiger partial charge >= 0.3 is 0 Å². The van der Waals surface area contributed by atoms with Crippen molar-refractivity contribution in [3.05, 3.63) is 78.0 Å². The molecule has 0 atom stereocenters. The molecule has 6 nitrogen and oxygen atoms in total. The van der Waals surface area contributed by atoms with Gasteiger partial charge in [-0.25, -0.2) is 4.68 Å². The molecule has 0 saturated carbocycles. The second-order valence-corrected chi connectivity index (χ2v) is 6.99. The fraction of sp³-hybridized carbons (Fsp3) is 0.250. The Balaban J connectivity index is 1.98. The summed E-state index contributed by atoms with van der Waals surface area (Å²) in [6.07, 6.45) is 2.51. The summed E-state index contributed by atoms with van der Waals surface area (Å²) in [4.78, 5) is 12.1. The van der Waals surface area contributed by atoms with E-state index in [1.54, 1.807) is 17.9 Å². The number of carbonyl (C=O) groups excluding carboxylic acids is 1. The topological polar surface area (TPSA) is 65.4 Å². The molecule has 0 radical (unpaired) electrons. The Hall–Kier alpha value is -3.54. The minimum absolute atomic E-state index is 0.0371. The van der Waals surface area contributed by atoms with Crippen LogP contribution in [0.25, 0.3) is 5.69 Å². The van der Waals surface area contributed by atoms with Crippen molar-refractivity contribution < 1.29 is 14.3 Å². The maximum atomic E-state index is 12.1. The first kappa shape index (κ1) is 21.2. The molecule has 1 heterocycles. The van der Waals surface area contributed by atoms with Crippen LogP contribution in [0.3, 0.4) is 0 Å². The van der Waals surface area contributed by atoms with Crippen LogP contribution in [0.15, 0.2) is 61.2 Å². The van der Waals surface area contributed by atoms with Crippen molar-refractivity contribution in [2.24, 2.45) is 0 Å². The van der Waals surface area contributed by atoms with Gasteiger partial charge in [0.15, 0.2) is 0 Å². The van der Waals surface area contributed by atoms with E-state index in [2.05, 4.69) is 11.9 Å². The minimum Gasteiger partial charge on any atom is -0.497 e. The number of rotatable bonds is 9. The number of hydrogen-bond donors (Lipinski definition) is 1. The molecule has 6 heteroatoms. The zero-order chi connectivity index (χ0) is 21.5.